The quantitative estimate of drug-likeness (QED) is 0.899. The van der Waals surface area contributed by atoms with E-state index in [-0.39, 0.29) is 12.1 Å². The number of hydrogen-bond acceptors (Lipinski definition) is 3. The highest BCUT2D eigenvalue weighted by Crippen LogP contribution is 2.22. The van der Waals surface area contributed by atoms with Crippen molar-refractivity contribution in [1.82, 2.24) is 10.2 Å². The van der Waals surface area contributed by atoms with Gasteiger partial charge in [-0.2, -0.15) is 0 Å². The topological polar surface area (TPSA) is 69.6 Å². The normalized spacial score (nSPS) is 19.7. The predicted molar refractivity (Wildman–Crippen MR) is 79.0 cm³/mol. The van der Waals surface area contributed by atoms with Gasteiger partial charge in [0.25, 0.3) is 0 Å². The second-order valence-corrected chi connectivity index (χ2v) is 5.98. The zero-order chi connectivity index (χ0) is 14.7. The highest BCUT2D eigenvalue weighted by Gasteiger charge is 2.34. The zero-order valence-corrected chi connectivity index (χ0v) is 12.4. The molecule has 1 aliphatic rings. The molecule has 2 amide bonds. The molecule has 2 N–H and O–H groups in total. The number of halogens is 1. The number of nitrogens with zero attached hydrogens (tertiary/aromatic N) is 1. The van der Waals surface area contributed by atoms with Crippen molar-refractivity contribution in [3.05, 3.63) is 34.9 Å². The Morgan fingerprint density at radius 1 is 1.45 bits per heavy atom. The number of rotatable bonds is 3. The number of hydrogen-bond donors (Lipinski definition) is 2. The third kappa shape index (κ3) is 3.37. The number of carbonyl (C=O) groups excluding carboxylic acids is 1. The Kier molecular flexibility index (Phi) is 4.77. The number of urea groups is 1. The van der Waals surface area contributed by atoms with Crippen molar-refractivity contribution in [2.45, 2.75) is 19.0 Å². The van der Waals surface area contributed by atoms with Crippen molar-refractivity contribution in [3.63, 3.8) is 0 Å². The van der Waals surface area contributed by atoms with Crippen molar-refractivity contribution < 1.29 is 14.7 Å². The lowest BCUT2D eigenvalue weighted by atomic mass is 10.1. The van der Waals surface area contributed by atoms with Crippen LogP contribution in [0.4, 0.5) is 4.79 Å². The van der Waals surface area contributed by atoms with E-state index in [1.807, 2.05) is 19.1 Å². The lowest BCUT2D eigenvalue weighted by Gasteiger charge is -2.23. The highest BCUT2D eigenvalue weighted by molar-refractivity contribution is 7.99. The second kappa shape index (κ2) is 6.37. The van der Waals surface area contributed by atoms with Crippen LogP contribution in [-0.4, -0.2) is 39.7 Å². The number of amides is 2. The smallest absolute Gasteiger partial charge is 0.327 e. The summed E-state index contributed by atoms with van der Waals surface area (Å²) in [6.45, 7) is 1.85. The van der Waals surface area contributed by atoms with Crippen LogP contribution in [0.5, 0.6) is 0 Å². The number of nitrogens with one attached hydrogen (secondary N) is 1. The molecule has 2 rings (SSSR count). The van der Waals surface area contributed by atoms with Gasteiger partial charge in [0.1, 0.15) is 6.04 Å². The number of carbonyl (C=O) groups is 2. The summed E-state index contributed by atoms with van der Waals surface area (Å²) in [5.74, 6) is -0.141. The molecule has 1 aromatic carbocycles. The van der Waals surface area contributed by atoms with E-state index in [4.69, 9.17) is 16.7 Å². The Morgan fingerprint density at radius 3 is 2.70 bits per heavy atom. The Labute approximate surface area is 126 Å². The first kappa shape index (κ1) is 15.0. The molecule has 0 saturated carbocycles. The van der Waals surface area contributed by atoms with Gasteiger partial charge in [-0.05, 0) is 24.6 Å². The first-order valence-electron chi connectivity index (χ1n) is 6.12. The molecular weight excluding hydrogens is 300 g/mol. The molecular formula is C13H15ClN2O3S. The van der Waals surface area contributed by atoms with E-state index >= 15 is 0 Å². The maximum Gasteiger partial charge on any atom is 0.327 e. The summed E-state index contributed by atoms with van der Waals surface area (Å²) >= 11 is 7.25. The molecule has 0 aromatic heterocycles. The molecule has 1 saturated heterocycles. The minimum absolute atomic E-state index is 0.209. The van der Waals surface area contributed by atoms with Crippen molar-refractivity contribution in [2.24, 2.45) is 0 Å². The van der Waals surface area contributed by atoms with Crippen LogP contribution in [0, 0.1) is 0 Å². The van der Waals surface area contributed by atoms with Gasteiger partial charge in [0, 0.05) is 10.8 Å². The van der Waals surface area contributed by atoms with Crippen LogP contribution in [0.3, 0.4) is 0 Å². The Hall–Kier alpha value is -1.40. The van der Waals surface area contributed by atoms with E-state index in [1.54, 1.807) is 12.1 Å². The summed E-state index contributed by atoms with van der Waals surface area (Å²) in [5.41, 5.74) is 0.918. The summed E-state index contributed by atoms with van der Waals surface area (Å²) in [6.07, 6.45) is 0. The van der Waals surface area contributed by atoms with Gasteiger partial charge in [-0.1, -0.05) is 23.7 Å². The molecule has 1 heterocycles. The van der Waals surface area contributed by atoms with Crippen molar-refractivity contribution in [3.8, 4) is 0 Å². The van der Waals surface area contributed by atoms with Crippen LogP contribution >= 0.6 is 23.4 Å². The SMILES string of the molecule is CC(NC(=O)N1CSCC1C(=O)O)c1ccc(Cl)cc1. The van der Waals surface area contributed by atoms with E-state index in [9.17, 15) is 9.59 Å². The molecule has 0 spiro atoms. The monoisotopic (exact) mass is 314 g/mol. The third-order valence-electron chi connectivity index (χ3n) is 3.14. The lowest BCUT2D eigenvalue weighted by molar-refractivity contribution is -0.140. The molecule has 2 unspecified atom stereocenters. The van der Waals surface area contributed by atoms with Gasteiger partial charge >= 0.3 is 12.0 Å². The van der Waals surface area contributed by atoms with Gasteiger partial charge in [0.05, 0.1) is 11.9 Å². The van der Waals surface area contributed by atoms with Gasteiger partial charge in [-0.15, -0.1) is 11.8 Å². The largest absolute Gasteiger partial charge is 0.480 e. The minimum Gasteiger partial charge on any atom is -0.480 e. The first-order valence-corrected chi connectivity index (χ1v) is 7.65. The molecule has 1 aliphatic heterocycles. The Morgan fingerprint density at radius 2 is 2.10 bits per heavy atom. The van der Waals surface area contributed by atoms with Crippen LogP contribution in [0.25, 0.3) is 0 Å². The van der Waals surface area contributed by atoms with Crippen LogP contribution in [-0.2, 0) is 4.79 Å². The lowest BCUT2D eigenvalue weighted by Crippen LogP contribution is -2.47. The standard InChI is InChI=1S/C13H15ClN2O3S/c1-8(9-2-4-10(14)5-3-9)15-13(19)16-7-20-6-11(16)12(17)18/h2-5,8,11H,6-7H2,1H3,(H,15,19)(H,17,18). The Balaban J connectivity index is 2.00. The molecule has 108 valence electrons. The number of carboxylic acids is 1. The molecule has 7 heteroatoms. The van der Waals surface area contributed by atoms with E-state index in [1.165, 1.54) is 16.7 Å². The summed E-state index contributed by atoms with van der Waals surface area (Å²) < 4.78 is 0. The zero-order valence-electron chi connectivity index (χ0n) is 10.9. The van der Waals surface area contributed by atoms with Crippen molar-refractivity contribution in [2.75, 3.05) is 11.6 Å². The summed E-state index contributed by atoms with van der Waals surface area (Å²) in [5, 5.41) is 12.5. The maximum absolute atomic E-state index is 12.1. The summed E-state index contributed by atoms with van der Waals surface area (Å²) in [4.78, 5) is 24.5. The van der Waals surface area contributed by atoms with Gasteiger partial charge in [0.15, 0.2) is 0 Å². The molecule has 2 atom stereocenters. The van der Waals surface area contributed by atoms with E-state index in [0.717, 1.165) is 5.56 Å². The van der Waals surface area contributed by atoms with Crippen LogP contribution < -0.4 is 5.32 Å². The number of thioether (sulfide) groups is 1. The van der Waals surface area contributed by atoms with Crippen LogP contribution in [0.2, 0.25) is 5.02 Å². The van der Waals surface area contributed by atoms with Crippen molar-refractivity contribution in [1.29, 1.82) is 0 Å². The fraction of sp³-hybridized carbons (Fsp3) is 0.385. The van der Waals surface area contributed by atoms with Crippen molar-refractivity contribution >= 4 is 35.4 Å². The average molecular weight is 315 g/mol. The fourth-order valence-corrected chi connectivity index (χ4v) is 3.22. The average Bonchev–Trinajstić information content (AvgIpc) is 2.88. The van der Waals surface area contributed by atoms with Crippen LogP contribution in [0.1, 0.15) is 18.5 Å². The van der Waals surface area contributed by atoms with E-state index in [0.29, 0.717) is 16.7 Å². The number of carboxylic acid groups (broad SMARTS) is 1. The highest BCUT2D eigenvalue weighted by atomic mass is 35.5. The first-order chi connectivity index (χ1) is 9.49. The molecule has 1 aromatic rings. The van der Waals surface area contributed by atoms with E-state index in [2.05, 4.69) is 5.32 Å². The second-order valence-electron chi connectivity index (χ2n) is 4.55. The number of aliphatic carboxylic acids is 1. The molecule has 1 fully saturated rings. The fourth-order valence-electron chi connectivity index (χ4n) is 1.95. The van der Waals surface area contributed by atoms with Gasteiger partial charge in [0.2, 0.25) is 0 Å². The molecule has 0 radical (unpaired) electrons. The number of benzene rings is 1. The maximum atomic E-state index is 12.1. The third-order valence-corrected chi connectivity index (χ3v) is 4.40. The summed E-state index contributed by atoms with van der Waals surface area (Å²) in [7, 11) is 0. The predicted octanol–water partition coefficient (Wildman–Crippen LogP) is 2.57. The molecule has 20 heavy (non-hydrogen) atoms. The van der Waals surface area contributed by atoms with Gasteiger partial charge < -0.3 is 15.3 Å². The molecule has 5 nitrogen and oxygen atoms in total. The molecule has 0 bridgehead atoms. The van der Waals surface area contributed by atoms with Crippen LogP contribution in [0.15, 0.2) is 24.3 Å². The summed E-state index contributed by atoms with van der Waals surface area (Å²) in [6, 6.07) is 5.86. The van der Waals surface area contributed by atoms with Gasteiger partial charge in [-0.25, -0.2) is 9.59 Å². The van der Waals surface area contributed by atoms with Gasteiger partial charge in [-0.3, -0.25) is 0 Å². The minimum atomic E-state index is -0.968. The van der Waals surface area contributed by atoms with E-state index < -0.39 is 12.0 Å². The Bertz CT molecular complexity index is 509. The molecule has 0 aliphatic carbocycles.